The summed E-state index contributed by atoms with van der Waals surface area (Å²) in [7, 11) is 4.02. The Morgan fingerprint density at radius 2 is 1.82 bits per heavy atom. The minimum atomic E-state index is 0.522. The Hall–Kier alpha value is -2.90. The van der Waals surface area contributed by atoms with Crippen molar-refractivity contribution in [2.75, 3.05) is 38.8 Å². The van der Waals surface area contributed by atoms with Crippen LogP contribution in [0.1, 0.15) is 43.5 Å². The number of fused-ring (bicyclic) bond motifs is 1. The van der Waals surface area contributed by atoms with E-state index in [0.717, 1.165) is 86.4 Å². The van der Waals surface area contributed by atoms with E-state index in [1.165, 1.54) is 5.71 Å². The highest BCUT2D eigenvalue weighted by Crippen LogP contribution is 2.26. The van der Waals surface area contributed by atoms with E-state index in [1.54, 1.807) is 0 Å². The summed E-state index contributed by atoms with van der Waals surface area (Å²) in [6.45, 7) is 4.44. The van der Waals surface area contributed by atoms with Crippen LogP contribution in [-0.4, -0.2) is 60.6 Å². The van der Waals surface area contributed by atoms with Crippen LogP contribution in [0.2, 0.25) is 0 Å². The Labute approximate surface area is 202 Å². The van der Waals surface area contributed by atoms with Gasteiger partial charge in [0, 0.05) is 55.8 Å². The van der Waals surface area contributed by atoms with Crippen LogP contribution in [0.25, 0.3) is 10.9 Å². The molecule has 180 valence electrons. The third kappa shape index (κ3) is 6.81. The van der Waals surface area contributed by atoms with Gasteiger partial charge in [-0.1, -0.05) is 18.2 Å². The van der Waals surface area contributed by atoms with Gasteiger partial charge in [0.05, 0.1) is 12.1 Å². The molecular weight excluding hydrogens is 424 g/mol. The summed E-state index contributed by atoms with van der Waals surface area (Å²) in [5.41, 5.74) is 4.35. The van der Waals surface area contributed by atoms with E-state index >= 15 is 0 Å². The van der Waals surface area contributed by atoms with Crippen LogP contribution in [0.5, 0.6) is 0 Å². The standard InChI is InChI=1S/C27H36N6O/c1-20-8-6-9-22(29-20)10-7-18-34-19-17-28-21-13-15-23(16-14-21)30-27-31-25-12-5-4-11-24(25)26(32-27)33(2)3/h4-6,8-9,11-12,21,28H,7,10,13-19H2,1-3H3. The lowest BCUT2D eigenvalue weighted by Crippen LogP contribution is -2.35. The smallest absolute Gasteiger partial charge is 0.251 e. The molecule has 0 radical (unpaired) electrons. The molecule has 0 amide bonds. The van der Waals surface area contributed by atoms with Gasteiger partial charge >= 0.3 is 0 Å². The van der Waals surface area contributed by atoms with Crippen LogP contribution in [0, 0.1) is 6.92 Å². The van der Waals surface area contributed by atoms with Crippen LogP contribution in [0.15, 0.2) is 47.5 Å². The summed E-state index contributed by atoms with van der Waals surface area (Å²) in [5, 5.41) is 4.69. The van der Waals surface area contributed by atoms with Crippen LogP contribution >= 0.6 is 0 Å². The highest BCUT2D eigenvalue weighted by Gasteiger charge is 2.18. The van der Waals surface area contributed by atoms with Crippen molar-refractivity contribution in [2.24, 2.45) is 4.99 Å². The summed E-state index contributed by atoms with van der Waals surface area (Å²) in [6, 6.07) is 14.8. The van der Waals surface area contributed by atoms with Crippen molar-refractivity contribution in [3.63, 3.8) is 0 Å². The topological polar surface area (TPSA) is 75.5 Å². The Bertz CT molecular complexity index is 1100. The average Bonchev–Trinajstić information content (AvgIpc) is 2.84. The first-order valence-electron chi connectivity index (χ1n) is 12.3. The molecule has 1 aromatic carbocycles. The molecular formula is C27H36N6O. The molecule has 7 heteroatoms. The molecule has 4 rings (SSSR count). The number of hydrogen-bond donors (Lipinski definition) is 1. The second-order valence-corrected chi connectivity index (χ2v) is 9.15. The fourth-order valence-electron chi connectivity index (χ4n) is 4.38. The van der Waals surface area contributed by atoms with E-state index in [9.17, 15) is 0 Å². The molecule has 0 saturated heterocycles. The van der Waals surface area contributed by atoms with Gasteiger partial charge in [-0.3, -0.25) is 4.98 Å². The monoisotopic (exact) mass is 460 g/mol. The van der Waals surface area contributed by atoms with Crippen LogP contribution in [-0.2, 0) is 11.2 Å². The number of para-hydroxylation sites is 1. The van der Waals surface area contributed by atoms with Gasteiger partial charge in [-0.15, -0.1) is 0 Å². The van der Waals surface area contributed by atoms with E-state index in [1.807, 2.05) is 50.2 Å². The number of aliphatic imine (C=N–C) groups is 1. The molecule has 2 aromatic heterocycles. The Morgan fingerprint density at radius 3 is 2.62 bits per heavy atom. The molecule has 2 heterocycles. The molecule has 0 unspecified atom stereocenters. The van der Waals surface area contributed by atoms with Crippen LogP contribution in [0.4, 0.5) is 11.8 Å². The van der Waals surface area contributed by atoms with Gasteiger partial charge in [0.1, 0.15) is 5.82 Å². The Morgan fingerprint density at radius 1 is 1.00 bits per heavy atom. The first kappa shape index (κ1) is 24.2. The number of benzene rings is 1. The number of hydrogen-bond acceptors (Lipinski definition) is 7. The van der Waals surface area contributed by atoms with Crippen LogP contribution in [0.3, 0.4) is 0 Å². The number of nitrogens with zero attached hydrogens (tertiary/aromatic N) is 5. The van der Waals surface area contributed by atoms with Gasteiger partial charge < -0.3 is 15.0 Å². The number of pyridine rings is 1. The molecule has 1 saturated carbocycles. The van der Waals surface area contributed by atoms with Gasteiger partial charge in [-0.25, -0.2) is 9.98 Å². The quantitative estimate of drug-likeness (QED) is 0.444. The number of aromatic nitrogens is 3. The van der Waals surface area contributed by atoms with Crippen molar-refractivity contribution < 1.29 is 4.74 Å². The minimum absolute atomic E-state index is 0.522. The first-order valence-corrected chi connectivity index (χ1v) is 12.3. The maximum Gasteiger partial charge on any atom is 0.251 e. The molecule has 1 fully saturated rings. The lowest BCUT2D eigenvalue weighted by molar-refractivity contribution is 0.130. The molecule has 1 aliphatic carbocycles. The summed E-state index contributed by atoms with van der Waals surface area (Å²) in [4.78, 5) is 20.8. The van der Waals surface area contributed by atoms with Crippen molar-refractivity contribution in [1.82, 2.24) is 20.3 Å². The van der Waals surface area contributed by atoms with Crippen molar-refractivity contribution in [1.29, 1.82) is 0 Å². The zero-order valence-electron chi connectivity index (χ0n) is 20.6. The van der Waals surface area contributed by atoms with Crippen molar-refractivity contribution in [3.8, 4) is 0 Å². The van der Waals surface area contributed by atoms with Crippen molar-refractivity contribution in [2.45, 2.75) is 51.5 Å². The molecule has 0 aliphatic heterocycles. The zero-order valence-corrected chi connectivity index (χ0v) is 20.6. The molecule has 1 N–H and O–H groups in total. The summed E-state index contributed by atoms with van der Waals surface area (Å²) in [6.07, 6.45) is 6.12. The molecule has 7 nitrogen and oxygen atoms in total. The number of nitrogens with one attached hydrogen (secondary N) is 1. The third-order valence-electron chi connectivity index (χ3n) is 6.16. The number of ether oxygens (including phenoxy) is 1. The van der Waals surface area contributed by atoms with Gasteiger partial charge in [0.15, 0.2) is 0 Å². The predicted molar refractivity (Wildman–Crippen MR) is 139 cm³/mol. The minimum Gasteiger partial charge on any atom is -0.380 e. The summed E-state index contributed by atoms with van der Waals surface area (Å²) < 4.78 is 5.81. The molecule has 34 heavy (non-hydrogen) atoms. The molecule has 0 atom stereocenters. The van der Waals surface area contributed by atoms with E-state index < -0.39 is 0 Å². The lowest BCUT2D eigenvalue weighted by Gasteiger charge is -2.24. The highest BCUT2D eigenvalue weighted by molar-refractivity contribution is 5.91. The molecule has 0 spiro atoms. The lowest BCUT2D eigenvalue weighted by atomic mass is 9.93. The van der Waals surface area contributed by atoms with Crippen molar-refractivity contribution in [3.05, 3.63) is 53.9 Å². The number of rotatable bonds is 10. The van der Waals surface area contributed by atoms with E-state index in [4.69, 9.17) is 14.7 Å². The number of aryl methyl sites for hydroxylation is 2. The molecule has 1 aliphatic rings. The van der Waals surface area contributed by atoms with Crippen LogP contribution < -0.4 is 10.2 Å². The average molecular weight is 461 g/mol. The molecule has 0 bridgehead atoms. The van der Waals surface area contributed by atoms with Gasteiger partial charge in [-0.2, -0.15) is 4.98 Å². The van der Waals surface area contributed by atoms with Gasteiger partial charge in [-0.05, 0) is 69.7 Å². The fourth-order valence-corrected chi connectivity index (χ4v) is 4.38. The normalized spacial score (nSPS) is 16.1. The predicted octanol–water partition coefficient (Wildman–Crippen LogP) is 4.65. The maximum atomic E-state index is 5.81. The molecule has 3 aromatic rings. The highest BCUT2D eigenvalue weighted by atomic mass is 16.5. The van der Waals surface area contributed by atoms with E-state index in [2.05, 4.69) is 33.5 Å². The van der Waals surface area contributed by atoms with E-state index in [-0.39, 0.29) is 0 Å². The Kier molecular flexibility index (Phi) is 8.55. The second kappa shape index (κ2) is 12.0. The number of anilines is 1. The Balaban J connectivity index is 1.17. The van der Waals surface area contributed by atoms with Crippen molar-refractivity contribution >= 4 is 28.4 Å². The summed E-state index contributed by atoms with van der Waals surface area (Å²) >= 11 is 0. The maximum absolute atomic E-state index is 5.81. The SMILES string of the molecule is Cc1cccc(CCCOCCNC2CCC(=Nc3nc(N(C)C)c4ccccc4n3)CC2)n1. The van der Waals surface area contributed by atoms with E-state index in [0.29, 0.717) is 12.0 Å². The fraction of sp³-hybridized carbons (Fsp3) is 0.481. The second-order valence-electron chi connectivity index (χ2n) is 9.15. The van der Waals surface area contributed by atoms with Gasteiger partial charge in [0.2, 0.25) is 0 Å². The summed E-state index contributed by atoms with van der Waals surface area (Å²) in [5.74, 6) is 1.48. The third-order valence-corrected chi connectivity index (χ3v) is 6.16. The zero-order chi connectivity index (χ0) is 23.8. The first-order chi connectivity index (χ1) is 16.6. The van der Waals surface area contributed by atoms with Gasteiger partial charge in [0.25, 0.3) is 5.95 Å². The largest absolute Gasteiger partial charge is 0.380 e.